The Morgan fingerprint density at radius 1 is 1.02 bits per heavy atom. The van der Waals surface area contributed by atoms with E-state index in [1.807, 2.05) is 35.2 Å². The van der Waals surface area contributed by atoms with Crippen LogP contribution in [0.1, 0.15) is 47.4 Å². The van der Waals surface area contributed by atoms with E-state index in [-0.39, 0.29) is 17.3 Å². The zero-order valence-electron chi connectivity index (χ0n) is 23.2. The molecule has 0 unspecified atom stereocenters. The second kappa shape index (κ2) is 11.5. The summed E-state index contributed by atoms with van der Waals surface area (Å²) in [7, 11) is 2.06. The van der Waals surface area contributed by atoms with E-state index < -0.39 is 0 Å². The number of likely N-dealkylation sites (N-methyl/N-ethyl adjacent to an activating group) is 1. The highest BCUT2D eigenvalue weighted by atomic mass is 19.1. The van der Waals surface area contributed by atoms with Gasteiger partial charge in [0, 0.05) is 44.8 Å². The van der Waals surface area contributed by atoms with Gasteiger partial charge in [-0.25, -0.2) is 9.37 Å². The molecule has 2 saturated heterocycles. The smallest absolute Gasteiger partial charge is 0.261 e. The highest BCUT2D eigenvalue weighted by molar-refractivity contribution is 5.94. The van der Waals surface area contributed by atoms with Crippen molar-refractivity contribution in [3.8, 4) is 0 Å². The van der Waals surface area contributed by atoms with Crippen molar-refractivity contribution in [3.05, 3.63) is 69.5 Å². The molecule has 0 atom stereocenters. The van der Waals surface area contributed by atoms with Crippen molar-refractivity contribution in [2.75, 3.05) is 64.3 Å². The Bertz CT molecular complexity index is 1480. The van der Waals surface area contributed by atoms with E-state index in [0.717, 1.165) is 50.3 Å². The summed E-state index contributed by atoms with van der Waals surface area (Å²) in [6.45, 7) is 7.77. The second-order valence-electron chi connectivity index (χ2n) is 11.2. The van der Waals surface area contributed by atoms with Crippen LogP contribution in [0.25, 0.3) is 22.6 Å². The van der Waals surface area contributed by atoms with Gasteiger partial charge in [-0.3, -0.25) is 14.2 Å². The zero-order chi connectivity index (χ0) is 27.6. The predicted molar refractivity (Wildman–Crippen MR) is 157 cm³/mol. The van der Waals surface area contributed by atoms with Crippen LogP contribution in [0.2, 0.25) is 0 Å². The van der Waals surface area contributed by atoms with Crippen LogP contribution in [0.5, 0.6) is 0 Å². The fourth-order valence-corrected chi connectivity index (χ4v) is 6.00. The summed E-state index contributed by atoms with van der Waals surface area (Å²) in [5.74, 6) is 0.198. The number of amides is 1. The number of halogens is 1. The molecule has 2 aromatic carbocycles. The number of fused-ring (bicyclic) bond motifs is 2. The van der Waals surface area contributed by atoms with Gasteiger partial charge in [0.15, 0.2) is 0 Å². The van der Waals surface area contributed by atoms with E-state index in [9.17, 15) is 9.59 Å². The predicted octanol–water partition coefficient (Wildman–Crippen LogP) is 3.45. The molecule has 0 aliphatic carbocycles. The number of carbonyl (C=O) groups excluding carboxylic acids is 1. The zero-order valence-corrected chi connectivity index (χ0v) is 23.2. The van der Waals surface area contributed by atoms with E-state index in [2.05, 4.69) is 22.2 Å². The van der Waals surface area contributed by atoms with Crippen molar-refractivity contribution in [1.29, 1.82) is 0 Å². The molecule has 3 aromatic rings. The molecule has 0 bridgehead atoms. The second-order valence-corrected chi connectivity index (χ2v) is 11.2. The minimum atomic E-state index is -0.374. The highest BCUT2D eigenvalue weighted by Gasteiger charge is 2.24. The van der Waals surface area contributed by atoms with Gasteiger partial charge < -0.3 is 20.0 Å². The topological polar surface area (TPSA) is 73.7 Å². The minimum absolute atomic E-state index is 0.0603. The molecular formula is C31H37FN6O2. The first-order valence-corrected chi connectivity index (χ1v) is 14.5. The molecule has 2 fully saturated rings. The summed E-state index contributed by atoms with van der Waals surface area (Å²) in [6.07, 6.45) is 6.22. The molecule has 40 heavy (non-hydrogen) atoms. The third kappa shape index (κ3) is 5.53. The van der Waals surface area contributed by atoms with Crippen LogP contribution >= 0.6 is 0 Å². The van der Waals surface area contributed by atoms with E-state index >= 15 is 4.39 Å². The lowest BCUT2D eigenvalue weighted by Gasteiger charge is -2.34. The first kappa shape index (κ1) is 26.7. The normalized spacial score (nSPS) is 19.1. The summed E-state index contributed by atoms with van der Waals surface area (Å²) < 4.78 is 16.7. The number of rotatable bonds is 7. The van der Waals surface area contributed by atoms with E-state index in [4.69, 9.17) is 4.98 Å². The molecule has 0 spiro atoms. The Morgan fingerprint density at radius 3 is 2.52 bits per heavy atom. The molecule has 1 N–H and O–H groups in total. The first-order chi connectivity index (χ1) is 19.5. The van der Waals surface area contributed by atoms with Gasteiger partial charge in [0.05, 0.1) is 16.6 Å². The Labute approximate surface area is 234 Å². The third-order valence-corrected chi connectivity index (χ3v) is 8.41. The van der Waals surface area contributed by atoms with Gasteiger partial charge in [-0.05, 0) is 93.8 Å². The number of benzene rings is 2. The lowest BCUT2D eigenvalue weighted by atomic mass is 10.1. The van der Waals surface area contributed by atoms with Gasteiger partial charge in [0.25, 0.3) is 11.5 Å². The Balaban J connectivity index is 1.17. The molecule has 210 valence electrons. The summed E-state index contributed by atoms with van der Waals surface area (Å²) >= 11 is 0. The number of aromatic nitrogens is 2. The number of nitrogens with zero attached hydrogens (tertiary/aromatic N) is 5. The maximum absolute atomic E-state index is 15.1. The average molecular weight is 545 g/mol. The fraction of sp³-hybridized carbons (Fsp3) is 0.452. The number of anilines is 1. The fourth-order valence-electron chi connectivity index (χ4n) is 6.00. The number of nitrogens with one attached hydrogen (secondary N) is 1. The lowest BCUT2D eigenvalue weighted by molar-refractivity contribution is 0.0952. The molecule has 4 heterocycles. The summed E-state index contributed by atoms with van der Waals surface area (Å²) in [4.78, 5) is 37.4. The van der Waals surface area contributed by atoms with Gasteiger partial charge >= 0.3 is 0 Å². The van der Waals surface area contributed by atoms with Crippen molar-refractivity contribution < 1.29 is 9.18 Å². The Morgan fingerprint density at radius 2 is 1.77 bits per heavy atom. The lowest BCUT2D eigenvalue weighted by Crippen LogP contribution is -2.44. The van der Waals surface area contributed by atoms with Gasteiger partial charge in [-0.1, -0.05) is 12.1 Å². The molecule has 6 rings (SSSR count). The van der Waals surface area contributed by atoms with Crippen LogP contribution in [0.4, 0.5) is 10.1 Å². The summed E-state index contributed by atoms with van der Waals surface area (Å²) in [5, 5.41) is 3.34. The molecule has 9 heteroatoms. The third-order valence-electron chi connectivity index (χ3n) is 8.41. The van der Waals surface area contributed by atoms with Crippen molar-refractivity contribution in [3.63, 3.8) is 0 Å². The van der Waals surface area contributed by atoms with Gasteiger partial charge in [0.1, 0.15) is 11.6 Å². The number of hydrogen-bond donors (Lipinski definition) is 1. The van der Waals surface area contributed by atoms with Crippen LogP contribution in [0, 0.1) is 5.82 Å². The molecule has 1 aromatic heterocycles. The number of piperazine rings is 1. The molecule has 3 aliphatic rings. The Hall–Kier alpha value is -3.56. The van der Waals surface area contributed by atoms with Crippen LogP contribution in [0.15, 0.2) is 41.2 Å². The van der Waals surface area contributed by atoms with E-state index in [0.29, 0.717) is 47.5 Å². The largest absolute Gasteiger partial charge is 0.367 e. The summed E-state index contributed by atoms with van der Waals surface area (Å²) in [5.41, 5.74) is 3.36. The van der Waals surface area contributed by atoms with Crippen LogP contribution in [-0.2, 0) is 6.54 Å². The quantitative estimate of drug-likeness (QED) is 0.460. The number of carbonyl (C=O) groups is 1. The molecule has 1 amide bonds. The molecule has 0 saturated carbocycles. The van der Waals surface area contributed by atoms with Crippen molar-refractivity contribution in [1.82, 2.24) is 24.7 Å². The first-order valence-electron chi connectivity index (χ1n) is 14.5. The highest BCUT2D eigenvalue weighted by Crippen LogP contribution is 2.30. The Kier molecular flexibility index (Phi) is 7.67. The van der Waals surface area contributed by atoms with E-state index in [1.165, 1.54) is 32.0 Å². The minimum Gasteiger partial charge on any atom is -0.367 e. The van der Waals surface area contributed by atoms with Crippen molar-refractivity contribution in [2.24, 2.45) is 0 Å². The standard InChI is InChI=1S/C31H37FN6O2/c1-35-15-17-37(18-16-35)28-21-27-25(20-26(28)32)31(40)38-14-9-24(29(38)34-27)19-22-5-7-23(8-6-22)30(39)33-10-4-13-36-11-2-3-12-36/h5-8,19-21H,2-4,9-18H2,1H3,(H,33,39)/b24-19+. The monoisotopic (exact) mass is 544 g/mol. The van der Waals surface area contributed by atoms with Crippen LogP contribution < -0.4 is 15.8 Å². The molecular weight excluding hydrogens is 507 g/mol. The number of hydrogen-bond acceptors (Lipinski definition) is 6. The average Bonchev–Trinajstić information content (AvgIpc) is 3.63. The van der Waals surface area contributed by atoms with Gasteiger partial charge in [0.2, 0.25) is 0 Å². The van der Waals surface area contributed by atoms with Gasteiger partial charge in [-0.15, -0.1) is 0 Å². The van der Waals surface area contributed by atoms with Crippen molar-refractivity contribution in [2.45, 2.75) is 32.2 Å². The maximum atomic E-state index is 15.1. The van der Waals surface area contributed by atoms with Gasteiger partial charge in [-0.2, -0.15) is 0 Å². The number of likely N-dealkylation sites (tertiary alicyclic amines) is 1. The van der Waals surface area contributed by atoms with Crippen molar-refractivity contribution >= 4 is 34.1 Å². The van der Waals surface area contributed by atoms with Crippen LogP contribution in [-0.4, -0.2) is 84.7 Å². The number of allylic oxidation sites excluding steroid dienone is 1. The maximum Gasteiger partial charge on any atom is 0.261 e. The summed E-state index contributed by atoms with van der Waals surface area (Å²) in [6, 6.07) is 10.6. The molecule has 0 radical (unpaired) electrons. The molecule has 8 nitrogen and oxygen atoms in total. The molecule has 3 aliphatic heterocycles. The van der Waals surface area contributed by atoms with Crippen LogP contribution in [0.3, 0.4) is 0 Å². The van der Waals surface area contributed by atoms with E-state index in [1.54, 1.807) is 10.6 Å². The SMILES string of the molecule is CN1CCN(c2cc3nc4n(c(=O)c3cc2F)CC/C4=C\c2ccc(C(=O)NCCCN3CCCC3)cc2)CC1.